The highest BCUT2D eigenvalue weighted by atomic mass is 32.2. The number of carbonyl (C=O) groups excluding carboxylic acids is 1. The molecule has 0 aliphatic rings. The van der Waals surface area contributed by atoms with Crippen molar-refractivity contribution in [2.24, 2.45) is 0 Å². The Morgan fingerprint density at radius 2 is 0.911 bits per heavy atom. The van der Waals surface area contributed by atoms with Gasteiger partial charge in [0, 0.05) is 6.42 Å². The van der Waals surface area contributed by atoms with Crippen LogP contribution < -0.4 is 0 Å². The van der Waals surface area contributed by atoms with Gasteiger partial charge in [-0.3, -0.25) is 8.98 Å². The van der Waals surface area contributed by atoms with Crippen LogP contribution >= 0.6 is 0 Å². The van der Waals surface area contributed by atoms with Gasteiger partial charge in [-0.15, -0.1) is 0 Å². The molecule has 0 spiro atoms. The SMILES string of the molecule is CCCCCCCCCCCC(=O)OCCOCCOCCOCCOCCOCCOCCOS(=O)(=O)c1ccc(C)cc1. The Hall–Kier alpha value is -1.64. The summed E-state index contributed by atoms with van der Waals surface area (Å²) in [5, 5.41) is 0. The molecule has 45 heavy (non-hydrogen) atoms. The maximum absolute atomic E-state index is 12.1. The number of esters is 1. The Morgan fingerprint density at radius 1 is 0.533 bits per heavy atom. The molecule has 262 valence electrons. The van der Waals surface area contributed by atoms with E-state index in [0.29, 0.717) is 79.1 Å². The first kappa shape index (κ1) is 41.4. The van der Waals surface area contributed by atoms with E-state index in [1.54, 1.807) is 12.1 Å². The second kappa shape index (κ2) is 29.7. The van der Waals surface area contributed by atoms with E-state index in [2.05, 4.69) is 6.92 Å². The fourth-order valence-electron chi connectivity index (χ4n) is 4.04. The molecule has 0 radical (unpaired) electrons. The van der Waals surface area contributed by atoms with Crippen LogP contribution in [-0.2, 0) is 52.3 Å². The van der Waals surface area contributed by atoms with Crippen LogP contribution in [0.2, 0.25) is 0 Å². The van der Waals surface area contributed by atoms with Gasteiger partial charge in [-0.05, 0) is 25.5 Å². The summed E-state index contributed by atoms with van der Waals surface area (Å²) >= 11 is 0. The molecule has 0 saturated heterocycles. The van der Waals surface area contributed by atoms with Crippen molar-refractivity contribution in [3.63, 3.8) is 0 Å². The summed E-state index contributed by atoms with van der Waals surface area (Å²) < 4.78 is 66.8. The normalized spacial score (nSPS) is 11.7. The number of carbonyl (C=O) groups is 1. The van der Waals surface area contributed by atoms with Crippen LogP contribution in [0.3, 0.4) is 0 Å². The second-order valence-electron chi connectivity index (χ2n) is 10.6. The molecular formula is C33H58O11S. The van der Waals surface area contributed by atoms with Crippen molar-refractivity contribution >= 4 is 16.1 Å². The van der Waals surface area contributed by atoms with E-state index >= 15 is 0 Å². The summed E-state index contributed by atoms with van der Waals surface area (Å²) in [6, 6.07) is 6.48. The Balaban J connectivity index is 1.73. The molecular weight excluding hydrogens is 604 g/mol. The monoisotopic (exact) mass is 662 g/mol. The lowest BCUT2D eigenvalue weighted by atomic mass is 10.1. The van der Waals surface area contributed by atoms with E-state index in [0.717, 1.165) is 18.4 Å². The molecule has 0 aromatic heterocycles. The summed E-state index contributed by atoms with van der Waals surface area (Å²) in [4.78, 5) is 11.9. The van der Waals surface area contributed by atoms with E-state index in [9.17, 15) is 13.2 Å². The number of rotatable bonds is 33. The Morgan fingerprint density at radius 3 is 1.36 bits per heavy atom. The van der Waals surface area contributed by atoms with E-state index in [1.165, 1.54) is 57.1 Å². The van der Waals surface area contributed by atoms with Crippen molar-refractivity contribution in [3.05, 3.63) is 29.8 Å². The largest absolute Gasteiger partial charge is 0.463 e. The van der Waals surface area contributed by atoms with Crippen LogP contribution in [0.4, 0.5) is 0 Å². The maximum Gasteiger partial charge on any atom is 0.305 e. The average molecular weight is 663 g/mol. The van der Waals surface area contributed by atoms with E-state index in [-0.39, 0.29) is 30.7 Å². The van der Waals surface area contributed by atoms with Crippen LogP contribution in [0.5, 0.6) is 0 Å². The smallest absolute Gasteiger partial charge is 0.305 e. The molecule has 0 unspecified atom stereocenters. The third-order valence-corrected chi connectivity index (χ3v) is 7.94. The van der Waals surface area contributed by atoms with E-state index in [4.69, 9.17) is 37.3 Å². The van der Waals surface area contributed by atoms with Crippen molar-refractivity contribution in [2.45, 2.75) is 83.0 Å². The van der Waals surface area contributed by atoms with Crippen molar-refractivity contribution in [1.82, 2.24) is 0 Å². The molecule has 1 aromatic carbocycles. The predicted octanol–water partition coefficient (Wildman–Crippen LogP) is 5.26. The predicted molar refractivity (Wildman–Crippen MR) is 172 cm³/mol. The number of hydrogen-bond donors (Lipinski definition) is 0. The standard InChI is InChI=1S/C33H58O11S/c1-3-4-5-6-7-8-9-10-11-12-33(34)43-29-27-41-25-23-39-21-19-37-17-18-38-20-22-40-24-26-42-28-30-44-45(35,36)32-15-13-31(2)14-16-32/h13-16H,3-12,17-30H2,1-2H3. The van der Waals surface area contributed by atoms with E-state index < -0.39 is 10.1 Å². The number of benzene rings is 1. The van der Waals surface area contributed by atoms with Crippen molar-refractivity contribution in [2.75, 3.05) is 92.5 Å². The number of aryl methyl sites for hydroxylation is 1. The second-order valence-corrected chi connectivity index (χ2v) is 12.2. The molecule has 0 fully saturated rings. The molecule has 12 heteroatoms. The van der Waals surface area contributed by atoms with Gasteiger partial charge < -0.3 is 33.2 Å². The van der Waals surface area contributed by atoms with Crippen LogP contribution in [-0.4, -0.2) is 107 Å². The highest BCUT2D eigenvalue weighted by Crippen LogP contribution is 2.13. The van der Waals surface area contributed by atoms with Gasteiger partial charge in [0.1, 0.15) is 6.61 Å². The minimum Gasteiger partial charge on any atom is -0.463 e. The van der Waals surface area contributed by atoms with Crippen LogP contribution in [0.1, 0.15) is 76.7 Å². The molecule has 1 rings (SSSR count). The van der Waals surface area contributed by atoms with Gasteiger partial charge in [-0.1, -0.05) is 76.0 Å². The van der Waals surface area contributed by atoms with Gasteiger partial charge in [0.05, 0.1) is 90.8 Å². The fourth-order valence-corrected chi connectivity index (χ4v) is 4.94. The van der Waals surface area contributed by atoms with Crippen LogP contribution in [0.25, 0.3) is 0 Å². The molecule has 1 aromatic rings. The minimum atomic E-state index is -3.77. The average Bonchev–Trinajstić information content (AvgIpc) is 3.03. The summed E-state index contributed by atoms with van der Waals surface area (Å²) in [6.45, 7) is 9.13. The maximum atomic E-state index is 12.1. The molecule has 0 atom stereocenters. The topological polar surface area (TPSA) is 125 Å². The number of ether oxygens (including phenoxy) is 7. The summed E-state index contributed by atoms with van der Waals surface area (Å²) in [5.74, 6) is -0.147. The van der Waals surface area contributed by atoms with Crippen molar-refractivity contribution in [1.29, 1.82) is 0 Å². The lowest BCUT2D eigenvalue weighted by Gasteiger charge is -2.09. The first-order chi connectivity index (χ1) is 22.0. The number of hydrogen-bond acceptors (Lipinski definition) is 11. The molecule has 11 nitrogen and oxygen atoms in total. The third-order valence-electron chi connectivity index (χ3n) is 6.61. The zero-order valence-corrected chi connectivity index (χ0v) is 28.5. The lowest BCUT2D eigenvalue weighted by molar-refractivity contribution is -0.145. The molecule has 0 aliphatic heterocycles. The fraction of sp³-hybridized carbons (Fsp3) is 0.788. The highest BCUT2D eigenvalue weighted by molar-refractivity contribution is 7.86. The summed E-state index contributed by atoms with van der Waals surface area (Å²) in [6.07, 6.45) is 11.5. The molecule has 0 saturated carbocycles. The molecule has 0 heterocycles. The summed E-state index contributed by atoms with van der Waals surface area (Å²) in [7, 11) is -3.77. The van der Waals surface area contributed by atoms with E-state index in [1.807, 2.05) is 6.92 Å². The quantitative estimate of drug-likeness (QED) is 0.0556. The van der Waals surface area contributed by atoms with Crippen molar-refractivity contribution in [3.8, 4) is 0 Å². The third kappa shape index (κ3) is 26.2. The van der Waals surface area contributed by atoms with Gasteiger partial charge in [0.15, 0.2) is 0 Å². The van der Waals surface area contributed by atoms with Crippen LogP contribution in [0.15, 0.2) is 29.2 Å². The number of unbranched alkanes of at least 4 members (excludes halogenated alkanes) is 8. The Labute approximate surface area is 271 Å². The van der Waals surface area contributed by atoms with Gasteiger partial charge in [0.2, 0.25) is 0 Å². The molecule has 0 aliphatic carbocycles. The first-order valence-corrected chi connectivity index (χ1v) is 17.9. The zero-order valence-electron chi connectivity index (χ0n) is 27.7. The van der Waals surface area contributed by atoms with Crippen molar-refractivity contribution < 1.29 is 50.6 Å². The minimum absolute atomic E-state index is 0.0592. The molecule has 0 amide bonds. The summed E-state index contributed by atoms with van der Waals surface area (Å²) in [5.41, 5.74) is 0.975. The van der Waals surface area contributed by atoms with Gasteiger partial charge in [-0.2, -0.15) is 8.42 Å². The van der Waals surface area contributed by atoms with Gasteiger partial charge >= 0.3 is 5.97 Å². The Bertz CT molecular complexity index is 910. The van der Waals surface area contributed by atoms with Gasteiger partial charge in [-0.25, -0.2) is 0 Å². The van der Waals surface area contributed by atoms with Gasteiger partial charge in [0.25, 0.3) is 10.1 Å². The lowest BCUT2D eigenvalue weighted by Crippen LogP contribution is -2.15. The zero-order chi connectivity index (χ0) is 32.7. The molecule has 0 bridgehead atoms. The first-order valence-electron chi connectivity index (χ1n) is 16.5. The Kier molecular flexibility index (Phi) is 27.4. The molecule has 0 N–H and O–H groups in total. The van der Waals surface area contributed by atoms with Crippen LogP contribution in [0, 0.1) is 6.92 Å². The highest BCUT2D eigenvalue weighted by Gasteiger charge is 2.14.